The first-order chi connectivity index (χ1) is 17.3. The van der Waals surface area contributed by atoms with Crippen LogP contribution in [0.5, 0.6) is 0 Å². The predicted octanol–water partition coefficient (Wildman–Crippen LogP) is 8.42. The van der Waals surface area contributed by atoms with Gasteiger partial charge in [0.15, 0.2) is 14.1 Å². The fourth-order valence-electron chi connectivity index (χ4n) is 8.73. The zero-order valence-corrected chi connectivity index (χ0v) is 25.6. The summed E-state index contributed by atoms with van der Waals surface area (Å²) in [5.41, 5.74) is 1.65. The van der Waals surface area contributed by atoms with E-state index in [1.807, 2.05) is 6.08 Å². The molecule has 3 saturated carbocycles. The van der Waals surface area contributed by atoms with E-state index in [1.54, 1.807) is 0 Å². The van der Waals surface area contributed by atoms with Crippen molar-refractivity contribution in [2.45, 2.75) is 129 Å². The van der Waals surface area contributed by atoms with E-state index in [-0.39, 0.29) is 10.5 Å². The highest BCUT2D eigenvalue weighted by Crippen LogP contribution is 2.65. The first-order valence-corrected chi connectivity index (χ1v) is 18.3. The van der Waals surface area contributed by atoms with Crippen molar-refractivity contribution < 1.29 is 19.1 Å². The van der Waals surface area contributed by atoms with E-state index < -0.39 is 14.3 Å². The smallest absolute Gasteiger partial charge is 0.303 e. The molecule has 0 saturated heterocycles. The van der Waals surface area contributed by atoms with Gasteiger partial charge in [-0.3, -0.25) is 9.59 Å². The minimum Gasteiger partial charge on any atom is -0.481 e. The van der Waals surface area contributed by atoms with E-state index in [1.165, 1.54) is 50.5 Å². The van der Waals surface area contributed by atoms with E-state index in [0.29, 0.717) is 41.8 Å². The van der Waals surface area contributed by atoms with E-state index in [2.05, 4.69) is 40.8 Å². The van der Waals surface area contributed by atoms with Crippen LogP contribution in [0.1, 0.15) is 111 Å². The molecule has 0 bridgehead atoms. The molecule has 37 heavy (non-hydrogen) atoms. The molecule has 1 N–H and O–H groups in total. The molecule has 0 aromatic carbocycles. The molecule has 0 amide bonds. The van der Waals surface area contributed by atoms with Crippen LogP contribution in [0.4, 0.5) is 0 Å². The number of ketones is 1. The zero-order chi connectivity index (χ0) is 27.0. The van der Waals surface area contributed by atoms with Crippen LogP contribution in [0, 0.1) is 40.9 Å². The minimum atomic E-state index is -1.65. The summed E-state index contributed by atoms with van der Waals surface area (Å²) < 4.78 is 6.38. The highest BCUT2D eigenvalue weighted by atomic mass is 28.4. The lowest BCUT2D eigenvalue weighted by Crippen LogP contribution is -2.50. The van der Waals surface area contributed by atoms with Crippen molar-refractivity contribution >= 4 is 20.1 Å². The number of carboxylic acid groups (broad SMARTS) is 1. The quantitative estimate of drug-likeness (QED) is 0.227. The molecule has 3 fully saturated rings. The lowest BCUT2D eigenvalue weighted by atomic mass is 9.48. The van der Waals surface area contributed by atoms with Crippen LogP contribution in [-0.2, 0) is 14.0 Å². The molecule has 4 nitrogen and oxygen atoms in total. The van der Waals surface area contributed by atoms with E-state index in [9.17, 15) is 14.7 Å². The summed E-state index contributed by atoms with van der Waals surface area (Å²) in [6, 6.07) is 0. The molecule has 7 atom stereocenters. The van der Waals surface area contributed by atoms with E-state index >= 15 is 0 Å². The SMILES string of the molecule is CC(C)(C)[Si](C)(C)OCCCCCC[C@@H]1CC2=CC(=O)CC[C@@H]2[C@H]2CC[C@]3(C)[C@@H](CC(=O)O)CC[C@H]3[C@H]12. The number of carbonyl (C=O) groups excluding carboxylic acids is 1. The monoisotopic (exact) mass is 530 g/mol. The van der Waals surface area contributed by atoms with Gasteiger partial charge in [-0.15, -0.1) is 0 Å². The number of carbonyl (C=O) groups is 2. The van der Waals surface area contributed by atoms with Crippen molar-refractivity contribution in [3.8, 4) is 0 Å². The molecule has 0 aromatic heterocycles. The summed E-state index contributed by atoms with van der Waals surface area (Å²) in [7, 11) is -1.65. The second kappa shape index (κ2) is 11.3. The Kier molecular flexibility index (Phi) is 8.85. The third-order valence-corrected chi connectivity index (χ3v) is 16.4. The maximum atomic E-state index is 12.3. The Bertz CT molecular complexity index is 871. The highest BCUT2D eigenvalue weighted by molar-refractivity contribution is 6.74. The molecule has 4 aliphatic carbocycles. The first kappa shape index (κ1) is 29.0. The maximum Gasteiger partial charge on any atom is 0.303 e. The topological polar surface area (TPSA) is 63.6 Å². The second-order valence-electron chi connectivity index (χ2n) is 14.9. The third kappa shape index (κ3) is 6.13. The maximum absolute atomic E-state index is 12.3. The van der Waals surface area contributed by atoms with Gasteiger partial charge in [-0.25, -0.2) is 0 Å². The summed E-state index contributed by atoms with van der Waals surface area (Å²) >= 11 is 0. The lowest BCUT2D eigenvalue weighted by Gasteiger charge is -2.57. The average molecular weight is 531 g/mol. The molecule has 0 aliphatic heterocycles. The van der Waals surface area contributed by atoms with Crippen molar-refractivity contribution in [1.82, 2.24) is 0 Å². The Labute approximate surface area is 227 Å². The Morgan fingerprint density at radius 2 is 1.84 bits per heavy atom. The van der Waals surface area contributed by atoms with Gasteiger partial charge in [0.1, 0.15) is 0 Å². The van der Waals surface area contributed by atoms with Crippen LogP contribution < -0.4 is 0 Å². The normalized spacial score (nSPS) is 35.9. The summed E-state index contributed by atoms with van der Waals surface area (Å²) in [5, 5.41) is 9.86. The Morgan fingerprint density at radius 1 is 1.11 bits per heavy atom. The lowest BCUT2D eigenvalue weighted by molar-refractivity contribution is -0.140. The molecule has 0 aromatic rings. The molecular weight excluding hydrogens is 476 g/mol. The minimum absolute atomic E-state index is 0.185. The number of fused-ring (bicyclic) bond motifs is 5. The largest absolute Gasteiger partial charge is 0.481 e. The van der Waals surface area contributed by atoms with Crippen molar-refractivity contribution in [3.05, 3.63) is 11.6 Å². The van der Waals surface area contributed by atoms with Crippen molar-refractivity contribution in [2.75, 3.05) is 6.61 Å². The summed E-state index contributed by atoms with van der Waals surface area (Å²) in [6.07, 6.45) is 16.1. The molecule has 0 spiro atoms. The van der Waals surface area contributed by atoms with E-state index in [4.69, 9.17) is 4.43 Å². The first-order valence-electron chi connectivity index (χ1n) is 15.4. The number of aliphatic carboxylic acids is 1. The van der Waals surface area contributed by atoms with Crippen LogP contribution in [0.15, 0.2) is 11.6 Å². The van der Waals surface area contributed by atoms with Gasteiger partial charge in [0.2, 0.25) is 0 Å². The van der Waals surface area contributed by atoms with Crippen LogP contribution in [0.2, 0.25) is 18.1 Å². The van der Waals surface area contributed by atoms with Crippen molar-refractivity contribution in [1.29, 1.82) is 0 Å². The number of unbranched alkanes of at least 4 members (excludes halogenated alkanes) is 3. The molecule has 0 radical (unpaired) electrons. The van der Waals surface area contributed by atoms with Gasteiger partial charge >= 0.3 is 5.97 Å². The molecule has 210 valence electrons. The zero-order valence-electron chi connectivity index (χ0n) is 24.6. The van der Waals surface area contributed by atoms with Crippen LogP contribution in [-0.4, -0.2) is 31.8 Å². The standard InChI is InChI=1S/C32H54O4Si/c1-31(2,3)37(5,6)36-18-10-8-7-9-11-22-19-23-20-25(33)13-14-26(23)27-16-17-32(4)24(21-29(34)35)12-15-28(32)30(22)27/h20,22,24,26-28,30H,7-19,21H2,1-6H3,(H,34,35)/t22-,24-,26+,27-,28+,30-,32-/m1/s1. The van der Waals surface area contributed by atoms with Gasteiger partial charge in [0.25, 0.3) is 0 Å². The van der Waals surface area contributed by atoms with Gasteiger partial charge in [-0.2, -0.15) is 0 Å². The molecule has 5 heteroatoms. The van der Waals surface area contributed by atoms with Crippen LogP contribution >= 0.6 is 0 Å². The Morgan fingerprint density at radius 3 is 2.54 bits per heavy atom. The number of hydrogen-bond acceptors (Lipinski definition) is 3. The fraction of sp³-hybridized carbons (Fsp3) is 0.875. The van der Waals surface area contributed by atoms with Crippen LogP contribution in [0.25, 0.3) is 0 Å². The summed E-state index contributed by atoms with van der Waals surface area (Å²) in [4.78, 5) is 24.0. The van der Waals surface area contributed by atoms with Crippen LogP contribution in [0.3, 0.4) is 0 Å². The number of allylic oxidation sites excluding steroid dienone is 1. The average Bonchev–Trinajstić information content (AvgIpc) is 3.12. The highest BCUT2D eigenvalue weighted by Gasteiger charge is 2.58. The Balaban J connectivity index is 1.38. The summed E-state index contributed by atoms with van der Waals surface area (Å²) in [5.74, 6) is 3.41. The van der Waals surface area contributed by atoms with Gasteiger partial charge in [-0.05, 0) is 116 Å². The van der Waals surface area contributed by atoms with Gasteiger partial charge < -0.3 is 9.53 Å². The molecular formula is C32H54O4Si. The molecule has 0 unspecified atom stereocenters. The van der Waals surface area contributed by atoms with Crippen molar-refractivity contribution in [2.24, 2.45) is 40.9 Å². The predicted molar refractivity (Wildman–Crippen MR) is 153 cm³/mol. The fourth-order valence-corrected chi connectivity index (χ4v) is 9.82. The van der Waals surface area contributed by atoms with Gasteiger partial charge in [0.05, 0.1) is 0 Å². The third-order valence-electron chi connectivity index (χ3n) is 11.8. The van der Waals surface area contributed by atoms with E-state index in [0.717, 1.165) is 44.6 Å². The van der Waals surface area contributed by atoms with Crippen molar-refractivity contribution in [3.63, 3.8) is 0 Å². The second-order valence-corrected chi connectivity index (χ2v) is 19.7. The Hall–Kier alpha value is -0.943. The van der Waals surface area contributed by atoms with Gasteiger partial charge in [-0.1, -0.05) is 52.5 Å². The summed E-state index contributed by atoms with van der Waals surface area (Å²) in [6.45, 7) is 14.9. The molecule has 0 heterocycles. The number of carboxylic acids is 1. The van der Waals surface area contributed by atoms with Gasteiger partial charge in [0, 0.05) is 19.4 Å². The number of hydrogen-bond donors (Lipinski definition) is 1. The molecule has 4 rings (SSSR count). The molecule has 4 aliphatic rings. The number of rotatable bonds is 10.